The van der Waals surface area contributed by atoms with Gasteiger partial charge >= 0.3 is 17.9 Å². The Morgan fingerprint density at radius 3 is 2.60 bits per heavy atom. The maximum atomic E-state index is 13.7. The smallest absolute Gasteiger partial charge is 0.348 e. The van der Waals surface area contributed by atoms with Crippen LogP contribution in [0.4, 0.5) is 0 Å². The maximum Gasteiger partial charge on any atom is 0.348 e. The first-order valence-corrected chi connectivity index (χ1v) is 18.3. The summed E-state index contributed by atoms with van der Waals surface area (Å²) in [5.41, 5.74) is 4.83. The summed E-state index contributed by atoms with van der Waals surface area (Å²) >= 11 is 1.31. The Balaban J connectivity index is 1.30. The monoisotopic (exact) mass is 739 g/mol. The Kier molecular flexibility index (Phi) is 8.96. The molecule has 0 aromatic heterocycles. The number of esters is 3. The third kappa shape index (κ3) is 5.74. The highest BCUT2D eigenvalue weighted by Gasteiger charge is 2.59. The molecule has 0 radical (unpaired) electrons. The van der Waals surface area contributed by atoms with Crippen molar-refractivity contribution in [3.63, 3.8) is 0 Å². The van der Waals surface area contributed by atoms with Crippen LogP contribution in [0.2, 0.25) is 0 Å². The summed E-state index contributed by atoms with van der Waals surface area (Å²) in [6.45, 7) is 4.64. The van der Waals surface area contributed by atoms with Crippen molar-refractivity contribution in [2.75, 3.05) is 26.3 Å². The van der Waals surface area contributed by atoms with Gasteiger partial charge in [0.05, 0.1) is 30.5 Å². The highest BCUT2D eigenvalue weighted by Crippen LogP contribution is 2.62. The Labute approximate surface area is 309 Å². The average Bonchev–Trinajstić information content (AvgIpc) is 3.64. The van der Waals surface area contributed by atoms with Crippen LogP contribution >= 0.6 is 11.8 Å². The molecule has 1 unspecified atom stereocenters. The van der Waals surface area contributed by atoms with E-state index in [0.29, 0.717) is 45.9 Å². The molecule has 2 saturated heterocycles. The average molecular weight is 740 g/mol. The number of rotatable bonds is 5. The molecule has 6 heterocycles. The van der Waals surface area contributed by atoms with Gasteiger partial charge in [-0.15, -0.1) is 11.8 Å². The van der Waals surface area contributed by atoms with E-state index in [-0.39, 0.29) is 36.7 Å². The van der Waals surface area contributed by atoms with Crippen molar-refractivity contribution in [3.8, 4) is 34.8 Å². The van der Waals surface area contributed by atoms with Crippen molar-refractivity contribution in [1.29, 1.82) is 5.26 Å². The molecule has 0 aliphatic carbocycles. The number of hydrogen-bond acceptors (Lipinski definition) is 14. The summed E-state index contributed by atoms with van der Waals surface area (Å²) < 4.78 is 35.4. The molecule has 2 fully saturated rings. The van der Waals surface area contributed by atoms with Gasteiger partial charge in [0.15, 0.2) is 23.0 Å². The number of carbonyl (C=O) groups is 3. The van der Waals surface area contributed by atoms with Gasteiger partial charge in [-0.25, -0.2) is 9.59 Å². The summed E-state index contributed by atoms with van der Waals surface area (Å²) in [5.74, 6) is -0.600. The molecular formula is C39H37N3O10S. The van der Waals surface area contributed by atoms with Crippen LogP contribution in [0.5, 0.6) is 28.7 Å². The van der Waals surface area contributed by atoms with Crippen molar-refractivity contribution in [2.45, 2.75) is 68.8 Å². The van der Waals surface area contributed by atoms with E-state index in [1.54, 1.807) is 13.0 Å². The molecule has 6 aliphatic rings. The number of piperazine rings is 1. The van der Waals surface area contributed by atoms with Gasteiger partial charge in [0, 0.05) is 53.1 Å². The number of ether oxygens (including phenoxy) is 6. The Hall–Kier alpha value is -5.23. The second-order valence-electron chi connectivity index (χ2n) is 13.6. The number of carbonyl (C=O) groups excluding carboxylic acids is 3. The van der Waals surface area contributed by atoms with Gasteiger partial charge in [0.1, 0.15) is 18.4 Å². The number of hydrogen-bond donors (Lipinski definition) is 2. The van der Waals surface area contributed by atoms with Crippen LogP contribution < -0.4 is 24.3 Å². The molecular weight excluding hydrogens is 703 g/mol. The largest absolute Gasteiger partial charge is 0.504 e. The van der Waals surface area contributed by atoms with Crippen LogP contribution in [-0.2, 0) is 30.3 Å². The van der Waals surface area contributed by atoms with E-state index >= 15 is 0 Å². The number of thioether (sulfide) groups is 1. The molecule has 0 spiro atoms. The van der Waals surface area contributed by atoms with Crippen molar-refractivity contribution in [2.24, 2.45) is 0 Å². The lowest BCUT2D eigenvalue weighted by Crippen LogP contribution is -2.69. The van der Waals surface area contributed by atoms with Gasteiger partial charge in [-0.2, -0.15) is 5.26 Å². The fraction of sp³-hybridized carbons (Fsp3) is 0.385. The van der Waals surface area contributed by atoms with E-state index in [0.717, 1.165) is 16.7 Å². The first-order valence-electron chi connectivity index (χ1n) is 17.3. The number of aromatic hydroxyl groups is 1. The number of benzene rings is 3. The van der Waals surface area contributed by atoms with Crippen molar-refractivity contribution < 1.29 is 47.9 Å². The number of aryl methyl sites for hydroxylation is 1. The number of fused-ring (bicyclic) bond motifs is 10. The topological polar surface area (TPSA) is 166 Å². The Bertz CT molecular complexity index is 2100. The zero-order valence-electron chi connectivity index (χ0n) is 29.4. The molecule has 13 nitrogen and oxygen atoms in total. The van der Waals surface area contributed by atoms with Crippen LogP contribution in [-0.4, -0.2) is 78.4 Å². The van der Waals surface area contributed by atoms with E-state index in [2.05, 4.69) is 16.3 Å². The molecule has 0 amide bonds. The maximum absolute atomic E-state index is 13.7. The zero-order chi connectivity index (χ0) is 37.1. The highest BCUT2D eigenvalue weighted by molar-refractivity contribution is 7.99. The fourth-order valence-electron chi connectivity index (χ4n) is 8.55. The van der Waals surface area contributed by atoms with Gasteiger partial charge in [0.2, 0.25) is 12.9 Å². The van der Waals surface area contributed by atoms with E-state index < -0.39 is 53.4 Å². The van der Waals surface area contributed by atoms with Crippen LogP contribution in [0.3, 0.4) is 0 Å². The van der Waals surface area contributed by atoms with Gasteiger partial charge in [-0.1, -0.05) is 36.4 Å². The predicted molar refractivity (Wildman–Crippen MR) is 191 cm³/mol. The lowest BCUT2D eigenvalue weighted by atomic mass is 9.72. The zero-order valence-corrected chi connectivity index (χ0v) is 30.2. The quantitative estimate of drug-likeness (QED) is 0.213. The summed E-state index contributed by atoms with van der Waals surface area (Å²) in [5, 5.41) is 25.7. The van der Waals surface area contributed by atoms with Crippen LogP contribution in [0.15, 0.2) is 42.5 Å². The normalized spacial score (nSPS) is 26.8. The number of nitrogens with one attached hydrogen (secondary N) is 1. The minimum Gasteiger partial charge on any atom is -0.504 e. The first kappa shape index (κ1) is 34.8. The summed E-state index contributed by atoms with van der Waals surface area (Å²) in [6, 6.07) is 10.7. The second-order valence-corrected chi connectivity index (χ2v) is 14.8. The van der Waals surface area contributed by atoms with Crippen LogP contribution in [0.1, 0.15) is 63.2 Å². The molecule has 2 N–H and O–H groups in total. The van der Waals surface area contributed by atoms with Crippen molar-refractivity contribution >= 4 is 35.7 Å². The van der Waals surface area contributed by atoms with Gasteiger partial charge in [-0.05, 0) is 43.0 Å². The first-order chi connectivity index (χ1) is 25.6. The fourth-order valence-corrected chi connectivity index (χ4v) is 10.0. The molecule has 4 bridgehead atoms. The van der Waals surface area contributed by atoms with Gasteiger partial charge < -0.3 is 38.8 Å². The summed E-state index contributed by atoms with van der Waals surface area (Å²) in [6.07, 6.45) is 2.02. The van der Waals surface area contributed by atoms with Crippen LogP contribution in [0.25, 0.3) is 6.08 Å². The summed E-state index contributed by atoms with van der Waals surface area (Å²) in [7, 11) is 1.51. The van der Waals surface area contributed by atoms with E-state index in [4.69, 9.17) is 28.4 Å². The number of phenols is 1. The lowest BCUT2D eigenvalue weighted by Gasteiger charge is -2.59. The number of nitrogens with zero attached hydrogens (tertiary/aromatic N) is 2. The SMILES string of the molecule is COc1c(C)cc2c(c1O)[C@@H]1N[C@H](C2)[C@H](C#N)N2C1[C@@H]1SC[C@H](OC(=O)/C=C/c3ccccc3)C(=O)OC[C@H]2c2c3c(c(C)c(OC(C)=O)c21)OCO3. The lowest BCUT2D eigenvalue weighted by molar-refractivity contribution is -0.166. The molecule has 0 saturated carbocycles. The molecule has 3 aromatic rings. The molecule has 9 rings (SSSR count). The molecule has 274 valence electrons. The van der Waals surface area contributed by atoms with Crippen molar-refractivity contribution in [1.82, 2.24) is 10.2 Å². The minimum absolute atomic E-state index is 0.00230. The Morgan fingerprint density at radius 2 is 1.87 bits per heavy atom. The highest BCUT2D eigenvalue weighted by atomic mass is 32.2. The number of nitriles is 1. The molecule has 53 heavy (non-hydrogen) atoms. The molecule has 6 aliphatic heterocycles. The van der Waals surface area contributed by atoms with Gasteiger partial charge in [-0.3, -0.25) is 9.69 Å². The van der Waals surface area contributed by atoms with E-state index in [1.807, 2.05) is 43.3 Å². The number of methoxy groups -OCH3 is 1. The van der Waals surface area contributed by atoms with Gasteiger partial charge in [0.25, 0.3) is 0 Å². The summed E-state index contributed by atoms with van der Waals surface area (Å²) in [4.78, 5) is 41.6. The third-order valence-corrected chi connectivity index (χ3v) is 12.0. The molecule has 7 atom stereocenters. The number of phenolic OH excluding ortho intramolecular Hbond substituents is 1. The Morgan fingerprint density at radius 1 is 1.09 bits per heavy atom. The van der Waals surface area contributed by atoms with E-state index in [9.17, 15) is 24.8 Å². The predicted octanol–water partition coefficient (Wildman–Crippen LogP) is 4.51. The third-order valence-electron chi connectivity index (χ3n) is 10.6. The standard InChI is InChI=1S/C39H37N3O10S/c1-18-12-22-13-23-24(14-40)42-25-15-48-39(46)26(52-27(44)11-10-21-8-6-5-7-9-21)16-53-38(32(42)31(41-23)28(22)33(45)34(18)47-4)30-29(25)37-36(49-17-50-37)19(2)35(30)51-20(3)43/h5-12,23-26,31-32,38,41,45H,13,15-17H2,1-4H3/b11-10+/t23-,24+,25+,26+,31+,32?,38-/m1/s1. The van der Waals surface area contributed by atoms with Crippen molar-refractivity contribution in [3.05, 3.63) is 81.4 Å². The van der Waals surface area contributed by atoms with Crippen LogP contribution in [0, 0.1) is 25.2 Å². The second kappa shape index (κ2) is 13.6. The molecule has 14 heteroatoms. The molecule has 3 aromatic carbocycles. The van der Waals surface area contributed by atoms with E-state index in [1.165, 1.54) is 31.9 Å². The minimum atomic E-state index is -1.29.